The van der Waals surface area contributed by atoms with E-state index in [2.05, 4.69) is 5.32 Å². The Bertz CT molecular complexity index is 390. The third kappa shape index (κ3) is 5.01. The predicted molar refractivity (Wildman–Crippen MR) is 74.7 cm³/mol. The van der Waals surface area contributed by atoms with Crippen LogP contribution in [0, 0.1) is 0 Å². The van der Waals surface area contributed by atoms with E-state index in [-0.39, 0.29) is 5.97 Å². The number of esters is 1. The first-order valence-electron chi connectivity index (χ1n) is 6.67. The number of benzene rings is 1. The minimum atomic E-state index is -0.834. The Balaban J connectivity index is 2.79. The van der Waals surface area contributed by atoms with Crippen molar-refractivity contribution in [2.75, 3.05) is 13.2 Å². The Hall–Kier alpha value is -1.39. The monoisotopic (exact) mass is 265 g/mol. The second-order valence-corrected chi connectivity index (χ2v) is 4.83. The lowest BCUT2D eigenvalue weighted by Gasteiger charge is -2.25. The smallest absolute Gasteiger partial charge is 0.327 e. The largest absolute Gasteiger partial charge is 0.465 e. The molecule has 0 aromatic heterocycles. The Morgan fingerprint density at radius 1 is 1.37 bits per heavy atom. The first-order chi connectivity index (χ1) is 9.00. The Labute approximate surface area is 114 Å². The van der Waals surface area contributed by atoms with Crippen LogP contribution in [0.25, 0.3) is 0 Å². The van der Waals surface area contributed by atoms with Crippen molar-refractivity contribution in [3.8, 4) is 0 Å². The van der Waals surface area contributed by atoms with Crippen molar-refractivity contribution in [2.24, 2.45) is 0 Å². The SMILES string of the molecule is CCOC(=O)C(NCC(C)(O)CC)c1ccccc1. The molecule has 0 amide bonds. The van der Waals surface area contributed by atoms with Crippen molar-refractivity contribution in [2.45, 2.75) is 38.8 Å². The highest BCUT2D eigenvalue weighted by Crippen LogP contribution is 2.16. The quantitative estimate of drug-likeness (QED) is 0.741. The molecule has 106 valence electrons. The lowest BCUT2D eigenvalue weighted by molar-refractivity contribution is -0.146. The van der Waals surface area contributed by atoms with Crippen molar-refractivity contribution >= 4 is 5.97 Å². The number of rotatable bonds is 7. The molecule has 2 unspecified atom stereocenters. The average molecular weight is 265 g/mol. The molecule has 2 atom stereocenters. The van der Waals surface area contributed by atoms with Gasteiger partial charge in [0.05, 0.1) is 12.2 Å². The Morgan fingerprint density at radius 2 is 2.00 bits per heavy atom. The van der Waals surface area contributed by atoms with E-state index in [1.807, 2.05) is 37.3 Å². The van der Waals surface area contributed by atoms with Gasteiger partial charge in [-0.2, -0.15) is 0 Å². The van der Waals surface area contributed by atoms with Gasteiger partial charge in [-0.1, -0.05) is 37.3 Å². The third-order valence-corrected chi connectivity index (χ3v) is 3.10. The molecule has 0 aliphatic carbocycles. The van der Waals surface area contributed by atoms with E-state index in [0.29, 0.717) is 19.6 Å². The number of carbonyl (C=O) groups excluding carboxylic acids is 1. The van der Waals surface area contributed by atoms with Gasteiger partial charge < -0.3 is 9.84 Å². The lowest BCUT2D eigenvalue weighted by atomic mass is 10.0. The van der Waals surface area contributed by atoms with Crippen LogP contribution in [-0.2, 0) is 9.53 Å². The number of hydrogen-bond acceptors (Lipinski definition) is 4. The van der Waals surface area contributed by atoms with Crippen LogP contribution in [0.3, 0.4) is 0 Å². The fourth-order valence-corrected chi connectivity index (χ4v) is 1.66. The maximum absolute atomic E-state index is 12.0. The summed E-state index contributed by atoms with van der Waals surface area (Å²) in [7, 11) is 0. The average Bonchev–Trinajstić information content (AvgIpc) is 2.40. The summed E-state index contributed by atoms with van der Waals surface area (Å²) in [5.41, 5.74) is 0.00680. The molecule has 1 rings (SSSR count). The number of carbonyl (C=O) groups is 1. The van der Waals surface area contributed by atoms with E-state index >= 15 is 0 Å². The summed E-state index contributed by atoms with van der Waals surface area (Å²) in [5.74, 6) is -0.319. The molecular weight excluding hydrogens is 242 g/mol. The van der Waals surface area contributed by atoms with Gasteiger partial charge in [-0.3, -0.25) is 5.32 Å². The van der Waals surface area contributed by atoms with Gasteiger partial charge >= 0.3 is 5.97 Å². The van der Waals surface area contributed by atoms with Crippen LogP contribution >= 0.6 is 0 Å². The number of nitrogens with one attached hydrogen (secondary N) is 1. The highest BCUT2D eigenvalue weighted by atomic mass is 16.5. The van der Waals surface area contributed by atoms with Gasteiger partial charge in [0.1, 0.15) is 6.04 Å². The van der Waals surface area contributed by atoms with Crippen molar-refractivity contribution < 1.29 is 14.6 Å². The van der Waals surface area contributed by atoms with E-state index in [1.54, 1.807) is 13.8 Å². The van der Waals surface area contributed by atoms with Crippen molar-refractivity contribution in [1.29, 1.82) is 0 Å². The zero-order valence-electron chi connectivity index (χ0n) is 11.8. The van der Waals surface area contributed by atoms with E-state index in [0.717, 1.165) is 5.56 Å². The van der Waals surface area contributed by atoms with Crippen LogP contribution in [0.1, 0.15) is 38.8 Å². The van der Waals surface area contributed by atoms with E-state index in [4.69, 9.17) is 4.74 Å². The molecular formula is C15H23NO3. The molecule has 0 saturated carbocycles. The van der Waals surface area contributed by atoms with Gasteiger partial charge in [-0.25, -0.2) is 4.79 Å². The molecule has 4 nitrogen and oxygen atoms in total. The molecule has 0 aliphatic heterocycles. The zero-order chi connectivity index (χ0) is 14.3. The zero-order valence-corrected chi connectivity index (χ0v) is 11.8. The number of ether oxygens (including phenoxy) is 1. The van der Waals surface area contributed by atoms with Crippen LogP contribution in [0.5, 0.6) is 0 Å². The van der Waals surface area contributed by atoms with E-state index < -0.39 is 11.6 Å². The third-order valence-electron chi connectivity index (χ3n) is 3.10. The summed E-state index contributed by atoms with van der Waals surface area (Å²) in [4.78, 5) is 12.0. The molecule has 0 saturated heterocycles. The summed E-state index contributed by atoms with van der Waals surface area (Å²) in [6.07, 6.45) is 0.615. The van der Waals surface area contributed by atoms with Crippen LogP contribution in [-0.4, -0.2) is 29.8 Å². The maximum Gasteiger partial charge on any atom is 0.327 e. The first-order valence-corrected chi connectivity index (χ1v) is 6.67. The molecule has 4 heteroatoms. The first kappa shape index (κ1) is 15.7. The molecule has 0 aliphatic rings. The van der Waals surface area contributed by atoms with Crippen LogP contribution in [0.15, 0.2) is 30.3 Å². The van der Waals surface area contributed by atoms with E-state index in [1.165, 1.54) is 0 Å². The molecule has 2 N–H and O–H groups in total. The van der Waals surface area contributed by atoms with Gasteiger partial charge in [-0.05, 0) is 25.8 Å². The molecule has 0 heterocycles. The highest BCUT2D eigenvalue weighted by Gasteiger charge is 2.25. The van der Waals surface area contributed by atoms with Crippen molar-refractivity contribution in [3.63, 3.8) is 0 Å². The summed E-state index contributed by atoms with van der Waals surface area (Å²) in [6, 6.07) is 8.85. The fraction of sp³-hybridized carbons (Fsp3) is 0.533. The van der Waals surface area contributed by atoms with Crippen molar-refractivity contribution in [3.05, 3.63) is 35.9 Å². The van der Waals surface area contributed by atoms with Crippen LogP contribution in [0.2, 0.25) is 0 Å². The summed E-state index contributed by atoms with van der Waals surface area (Å²) >= 11 is 0. The second kappa shape index (κ2) is 7.26. The van der Waals surface area contributed by atoms with Gasteiger partial charge in [0, 0.05) is 6.54 Å². The highest BCUT2D eigenvalue weighted by molar-refractivity contribution is 5.77. The van der Waals surface area contributed by atoms with Crippen LogP contribution in [0.4, 0.5) is 0 Å². The summed E-state index contributed by atoms with van der Waals surface area (Å²) in [5, 5.41) is 13.1. The second-order valence-electron chi connectivity index (χ2n) is 4.83. The Morgan fingerprint density at radius 3 is 2.53 bits per heavy atom. The molecule has 19 heavy (non-hydrogen) atoms. The predicted octanol–water partition coefficient (Wildman–Crippen LogP) is 2.04. The molecule has 1 aromatic carbocycles. The topological polar surface area (TPSA) is 58.6 Å². The van der Waals surface area contributed by atoms with Crippen molar-refractivity contribution in [1.82, 2.24) is 5.32 Å². The van der Waals surface area contributed by atoms with Gasteiger partial charge in [0.2, 0.25) is 0 Å². The van der Waals surface area contributed by atoms with Gasteiger partial charge in [0.25, 0.3) is 0 Å². The molecule has 0 spiro atoms. The van der Waals surface area contributed by atoms with Crippen LogP contribution < -0.4 is 5.32 Å². The minimum Gasteiger partial charge on any atom is -0.465 e. The van der Waals surface area contributed by atoms with Gasteiger partial charge in [-0.15, -0.1) is 0 Å². The minimum absolute atomic E-state index is 0.319. The molecule has 1 aromatic rings. The Kier molecular flexibility index (Phi) is 5.99. The standard InChI is InChI=1S/C15H23NO3/c1-4-15(3,18)11-16-13(14(17)19-5-2)12-9-7-6-8-10-12/h6-10,13,16,18H,4-5,11H2,1-3H3. The normalized spacial score (nSPS) is 15.6. The maximum atomic E-state index is 12.0. The van der Waals surface area contributed by atoms with Gasteiger partial charge in [0.15, 0.2) is 0 Å². The fourth-order valence-electron chi connectivity index (χ4n) is 1.66. The molecule has 0 bridgehead atoms. The molecule has 0 fully saturated rings. The number of aliphatic hydroxyl groups is 1. The number of hydrogen-bond donors (Lipinski definition) is 2. The molecule has 0 radical (unpaired) electrons. The summed E-state index contributed by atoms with van der Waals surface area (Å²) < 4.78 is 5.07. The lowest BCUT2D eigenvalue weighted by Crippen LogP contribution is -2.41. The van der Waals surface area contributed by atoms with E-state index in [9.17, 15) is 9.90 Å². The summed E-state index contributed by atoms with van der Waals surface area (Å²) in [6.45, 7) is 6.11.